The monoisotopic (exact) mass is 119 g/mol. The zero-order valence-corrected chi connectivity index (χ0v) is 4.96. The van der Waals surface area contributed by atoms with E-state index >= 15 is 0 Å². The van der Waals surface area contributed by atoms with Gasteiger partial charge in [-0.25, -0.2) is 0 Å². The van der Waals surface area contributed by atoms with Crippen LogP contribution in [0.1, 0.15) is 0 Å². The summed E-state index contributed by atoms with van der Waals surface area (Å²) in [6.45, 7) is 1.81. The summed E-state index contributed by atoms with van der Waals surface area (Å²) in [5, 5.41) is 0. The first kappa shape index (κ1) is 5.28. The minimum absolute atomic E-state index is 0.0876. The highest BCUT2D eigenvalue weighted by atomic mass is 32.2. The first-order valence-electron chi connectivity index (χ1n) is 2.21. The van der Waals surface area contributed by atoms with Crippen LogP contribution in [0.25, 0.3) is 0 Å². The van der Waals surface area contributed by atoms with Crippen molar-refractivity contribution in [1.29, 1.82) is 0 Å². The predicted octanol–water partition coefficient (Wildman–Crippen LogP) is 0.180. The lowest BCUT2D eigenvalue weighted by Gasteiger charge is -2.15. The molecule has 0 saturated carbocycles. The third-order valence-corrected chi connectivity index (χ3v) is 1.84. The molecule has 1 N–H and O–H groups in total. The standard InChI is InChI=1S/C4H9NOS/c1-7-4-6-3-2-5-7/h5H,1-4H2. The third-order valence-electron chi connectivity index (χ3n) is 0.778. The Morgan fingerprint density at radius 1 is 1.71 bits per heavy atom. The molecule has 1 atom stereocenters. The average Bonchev–Trinajstić information content (AvgIpc) is 1.69. The third kappa shape index (κ3) is 1.59. The van der Waals surface area contributed by atoms with Crippen molar-refractivity contribution in [3.8, 4) is 0 Å². The summed E-state index contributed by atoms with van der Waals surface area (Å²) in [5.74, 6) is 4.58. The summed E-state index contributed by atoms with van der Waals surface area (Å²) in [6, 6.07) is 0. The number of hydrogen-bond acceptors (Lipinski definition) is 2. The molecule has 7 heavy (non-hydrogen) atoms. The molecule has 1 unspecified atom stereocenters. The van der Waals surface area contributed by atoms with Crippen LogP contribution in [-0.4, -0.2) is 25.0 Å². The van der Waals surface area contributed by atoms with Crippen LogP contribution in [-0.2, 0) is 4.74 Å². The van der Waals surface area contributed by atoms with Gasteiger partial charge in [0.05, 0.1) is 12.5 Å². The van der Waals surface area contributed by atoms with Crippen molar-refractivity contribution in [3.05, 3.63) is 0 Å². The number of ether oxygens (including phenoxy) is 1. The smallest absolute Gasteiger partial charge is 0.0994 e. The fraction of sp³-hybridized carbons (Fsp3) is 0.750. The molecule has 1 aliphatic heterocycles. The Balaban J connectivity index is 2.25. The van der Waals surface area contributed by atoms with Gasteiger partial charge in [0.15, 0.2) is 0 Å². The van der Waals surface area contributed by atoms with E-state index in [9.17, 15) is 0 Å². The van der Waals surface area contributed by atoms with Crippen molar-refractivity contribution in [3.63, 3.8) is 0 Å². The Hall–Kier alpha value is 0.140. The van der Waals surface area contributed by atoms with Crippen molar-refractivity contribution in [2.24, 2.45) is 0 Å². The van der Waals surface area contributed by atoms with Crippen molar-refractivity contribution in [1.82, 2.24) is 4.72 Å². The average molecular weight is 119 g/mol. The molecular weight excluding hydrogens is 110 g/mol. The topological polar surface area (TPSA) is 21.3 Å². The largest absolute Gasteiger partial charge is 0.369 e. The van der Waals surface area contributed by atoms with Gasteiger partial charge in [0, 0.05) is 6.54 Å². The molecule has 0 bridgehead atoms. The highest BCUT2D eigenvalue weighted by molar-refractivity contribution is 8.12. The van der Waals surface area contributed by atoms with Crippen molar-refractivity contribution >= 4 is 16.5 Å². The summed E-state index contributed by atoms with van der Waals surface area (Å²) >= 11 is 0. The van der Waals surface area contributed by atoms with E-state index in [4.69, 9.17) is 4.74 Å². The maximum atomic E-state index is 5.07. The Morgan fingerprint density at radius 2 is 2.57 bits per heavy atom. The molecule has 0 aromatic carbocycles. The minimum atomic E-state index is 0.0876. The summed E-state index contributed by atoms with van der Waals surface area (Å²) < 4.78 is 8.24. The van der Waals surface area contributed by atoms with Crippen LogP contribution in [0.2, 0.25) is 0 Å². The zero-order chi connectivity index (χ0) is 5.11. The van der Waals surface area contributed by atoms with Gasteiger partial charge in [-0.1, -0.05) is 5.87 Å². The molecule has 1 aliphatic rings. The molecule has 0 radical (unpaired) electrons. The molecule has 0 amide bonds. The Morgan fingerprint density at radius 3 is 2.86 bits per heavy atom. The van der Waals surface area contributed by atoms with Crippen LogP contribution < -0.4 is 4.72 Å². The second kappa shape index (κ2) is 2.45. The van der Waals surface area contributed by atoms with E-state index in [1.165, 1.54) is 0 Å². The summed E-state index contributed by atoms with van der Waals surface area (Å²) in [7, 11) is 0.0876. The summed E-state index contributed by atoms with van der Waals surface area (Å²) in [4.78, 5) is 0. The molecule has 0 aromatic heterocycles. The van der Waals surface area contributed by atoms with E-state index in [0.717, 1.165) is 19.1 Å². The predicted molar refractivity (Wildman–Crippen MR) is 33.5 cm³/mol. The lowest BCUT2D eigenvalue weighted by molar-refractivity contribution is 0.179. The maximum Gasteiger partial charge on any atom is 0.0994 e. The number of nitrogens with one attached hydrogen (secondary N) is 1. The highest BCUT2D eigenvalue weighted by Gasteiger charge is 1.97. The normalized spacial score (nSPS) is 32.9. The SMILES string of the molecule is C=S1COCCN1. The molecule has 1 rings (SSSR count). The molecule has 2 nitrogen and oxygen atoms in total. The van der Waals surface area contributed by atoms with Gasteiger partial charge in [-0.05, 0) is 0 Å². The fourth-order valence-corrected chi connectivity index (χ4v) is 1.23. The lowest BCUT2D eigenvalue weighted by atomic mass is 10.7. The second-order valence-electron chi connectivity index (χ2n) is 1.41. The number of hydrogen-bond donors (Lipinski definition) is 1. The second-order valence-corrected chi connectivity index (χ2v) is 2.92. The molecule has 0 aromatic rings. The van der Waals surface area contributed by atoms with Gasteiger partial charge < -0.3 is 4.74 Å². The quantitative estimate of drug-likeness (QED) is 0.459. The van der Waals surface area contributed by atoms with E-state index in [0.29, 0.717) is 0 Å². The Bertz CT molecular complexity index is 75.8. The molecular formula is C4H9NOS. The summed E-state index contributed by atoms with van der Waals surface area (Å²) in [5.41, 5.74) is 0. The Labute approximate surface area is 45.9 Å². The molecule has 42 valence electrons. The first-order valence-corrected chi connectivity index (χ1v) is 3.78. The number of rotatable bonds is 0. The molecule has 0 spiro atoms. The van der Waals surface area contributed by atoms with Gasteiger partial charge in [-0.15, -0.1) is 10.7 Å². The highest BCUT2D eigenvalue weighted by Crippen LogP contribution is 2.05. The summed E-state index contributed by atoms with van der Waals surface area (Å²) in [6.07, 6.45) is 0. The van der Waals surface area contributed by atoms with Crippen molar-refractivity contribution in [2.45, 2.75) is 0 Å². The first-order chi connectivity index (χ1) is 3.39. The molecule has 3 heteroatoms. The van der Waals surface area contributed by atoms with E-state index in [1.54, 1.807) is 0 Å². The van der Waals surface area contributed by atoms with Crippen LogP contribution >= 0.6 is 10.7 Å². The lowest BCUT2D eigenvalue weighted by Crippen LogP contribution is -2.21. The van der Waals surface area contributed by atoms with E-state index in [2.05, 4.69) is 10.6 Å². The molecule has 1 heterocycles. The van der Waals surface area contributed by atoms with Gasteiger partial charge in [0.1, 0.15) is 0 Å². The van der Waals surface area contributed by atoms with Gasteiger partial charge in [-0.3, -0.25) is 4.72 Å². The van der Waals surface area contributed by atoms with Crippen molar-refractivity contribution in [2.75, 3.05) is 19.1 Å². The van der Waals surface area contributed by atoms with E-state index < -0.39 is 0 Å². The fourth-order valence-electron chi connectivity index (χ4n) is 0.459. The van der Waals surface area contributed by atoms with Gasteiger partial charge >= 0.3 is 0 Å². The molecule has 0 aliphatic carbocycles. The van der Waals surface area contributed by atoms with Crippen LogP contribution in [0.15, 0.2) is 0 Å². The van der Waals surface area contributed by atoms with E-state index in [1.807, 2.05) is 0 Å². The van der Waals surface area contributed by atoms with Crippen LogP contribution in [0, 0.1) is 0 Å². The van der Waals surface area contributed by atoms with Crippen LogP contribution in [0.5, 0.6) is 0 Å². The maximum absolute atomic E-state index is 5.07. The van der Waals surface area contributed by atoms with Gasteiger partial charge in [0.25, 0.3) is 0 Å². The van der Waals surface area contributed by atoms with E-state index in [-0.39, 0.29) is 10.7 Å². The zero-order valence-electron chi connectivity index (χ0n) is 4.14. The minimum Gasteiger partial charge on any atom is -0.369 e. The van der Waals surface area contributed by atoms with Crippen molar-refractivity contribution < 1.29 is 4.74 Å². The van der Waals surface area contributed by atoms with Crippen LogP contribution in [0.4, 0.5) is 0 Å². The molecule has 1 fully saturated rings. The molecule has 1 saturated heterocycles. The van der Waals surface area contributed by atoms with Crippen LogP contribution in [0.3, 0.4) is 0 Å². The Kier molecular flexibility index (Phi) is 1.85. The van der Waals surface area contributed by atoms with Gasteiger partial charge in [-0.2, -0.15) is 0 Å². The van der Waals surface area contributed by atoms with Gasteiger partial charge in [0.2, 0.25) is 0 Å².